The van der Waals surface area contributed by atoms with Gasteiger partial charge < -0.3 is 5.32 Å². The van der Waals surface area contributed by atoms with Crippen molar-refractivity contribution in [2.75, 3.05) is 5.32 Å². The van der Waals surface area contributed by atoms with Gasteiger partial charge in [0.05, 0.1) is 16.3 Å². The average molecular weight is 645 g/mol. The standard InChI is InChI=1S/C20H11Br3ClN5O3/c1-2-16(30)27-28-19(31)12-6-10(21)7-13(23)17(12)26-20(32)15-8-11(22)9-29(15)18-14(24)4-3-5-25-18/h1,3-9H,(H,26,32)(H,27,30)(H,28,31). The topological polar surface area (TPSA) is 105 Å². The zero-order valence-electron chi connectivity index (χ0n) is 15.7. The van der Waals surface area contributed by atoms with E-state index in [1.54, 1.807) is 36.7 Å². The molecule has 2 aromatic heterocycles. The first kappa shape index (κ1) is 24.0. The van der Waals surface area contributed by atoms with Crippen LogP contribution in [0.2, 0.25) is 5.02 Å². The van der Waals surface area contributed by atoms with Gasteiger partial charge in [-0.2, -0.15) is 0 Å². The number of anilines is 1. The van der Waals surface area contributed by atoms with Gasteiger partial charge in [-0.15, -0.1) is 6.42 Å². The summed E-state index contributed by atoms with van der Waals surface area (Å²) in [6, 6.07) is 8.03. The molecular weight excluding hydrogens is 633 g/mol. The average Bonchev–Trinajstić information content (AvgIpc) is 3.15. The van der Waals surface area contributed by atoms with Gasteiger partial charge in [0.25, 0.3) is 11.8 Å². The largest absolute Gasteiger partial charge is 0.319 e. The van der Waals surface area contributed by atoms with Crippen molar-refractivity contribution in [2.45, 2.75) is 0 Å². The van der Waals surface area contributed by atoms with E-state index >= 15 is 0 Å². The summed E-state index contributed by atoms with van der Waals surface area (Å²) in [5.41, 5.74) is 4.70. The van der Waals surface area contributed by atoms with Crippen molar-refractivity contribution in [3.05, 3.63) is 72.4 Å². The number of halogens is 4. The lowest BCUT2D eigenvalue weighted by molar-refractivity contribution is -0.116. The Hall–Kier alpha value is -2.65. The molecule has 3 amide bonds. The number of amides is 3. The number of hydrazine groups is 1. The quantitative estimate of drug-likeness (QED) is 0.288. The highest BCUT2D eigenvalue weighted by atomic mass is 79.9. The molecule has 0 aliphatic carbocycles. The summed E-state index contributed by atoms with van der Waals surface area (Å²) < 4.78 is 3.11. The summed E-state index contributed by atoms with van der Waals surface area (Å²) in [4.78, 5) is 41.3. The third-order valence-corrected chi connectivity index (χ3v) is 5.76. The highest BCUT2D eigenvalue weighted by Gasteiger charge is 2.22. The van der Waals surface area contributed by atoms with Crippen LogP contribution >= 0.6 is 59.4 Å². The first-order valence-electron chi connectivity index (χ1n) is 8.57. The Morgan fingerprint density at radius 1 is 1.06 bits per heavy atom. The molecule has 0 bridgehead atoms. The molecule has 1 aromatic carbocycles. The van der Waals surface area contributed by atoms with Crippen molar-refractivity contribution < 1.29 is 14.4 Å². The van der Waals surface area contributed by atoms with Crippen LogP contribution in [0, 0.1) is 12.3 Å². The molecule has 0 saturated carbocycles. The first-order chi connectivity index (χ1) is 15.2. The number of benzene rings is 1. The number of hydrogen-bond donors (Lipinski definition) is 3. The van der Waals surface area contributed by atoms with Crippen LogP contribution in [0.4, 0.5) is 5.69 Å². The molecular formula is C20H11Br3ClN5O3. The van der Waals surface area contributed by atoms with Gasteiger partial charge in [0, 0.05) is 25.8 Å². The SMILES string of the molecule is C#CC(=O)NNC(=O)c1cc(Br)cc(Br)c1NC(=O)c1cc(Br)cn1-c1ncccc1Cl. The minimum Gasteiger partial charge on any atom is -0.319 e. The first-order valence-corrected chi connectivity index (χ1v) is 11.3. The van der Waals surface area contributed by atoms with E-state index < -0.39 is 17.7 Å². The summed E-state index contributed by atoms with van der Waals surface area (Å²) in [6.45, 7) is 0. The predicted molar refractivity (Wildman–Crippen MR) is 131 cm³/mol. The second-order valence-corrected chi connectivity index (χ2v) is 9.13. The second kappa shape index (κ2) is 10.3. The van der Waals surface area contributed by atoms with Crippen molar-refractivity contribution in [1.29, 1.82) is 0 Å². The van der Waals surface area contributed by atoms with Crippen molar-refractivity contribution in [3.63, 3.8) is 0 Å². The van der Waals surface area contributed by atoms with Crippen molar-refractivity contribution in [1.82, 2.24) is 20.4 Å². The number of hydrogen-bond acceptors (Lipinski definition) is 4. The Morgan fingerprint density at radius 3 is 2.50 bits per heavy atom. The van der Waals surface area contributed by atoms with Gasteiger partial charge in [-0.1, -0.05) is 27.5 Å². The van der Waals surface area contributed by atoms with Crippen LogP contribution in [-0.2, 0) is 4.79 Å². The Bertz CT molecular complexity index is 1290. The van der Waals surface area contributed by atoms with Gasteiger partial charge in [0.1, 0.15) is 5.69 Å². The molecule has 32 heavy (non-hydrogen) atoms. The smallest absolute Gasteiger partial charge is 0.314 e. The molecule has 0 saturated heterocycles. The fourth-order valence-electron chi connectivity index (χ4n) is 2.61. The van der Waals surface area contributed by atoms with E-state index in [0.29, 0.717) is 24.3 Å². The number of aromatic nitrogens is 2. The maximum Gasteiger partial charge on any atom is 0.314 e. The van der Waals surface area contributed by atoms with Crippen LogP contribution in [0.3, 0.4) is 0 Å². The molecule has 12 heteroatoms. The third kappa shape index (κ3) is 5.39. The number of nitrogens with zero attached hydrogens (tertiary/aromatic N) is 2. The number of carbonyl (C=O) groups excluding carboxylic acids is 3. The van der Waals surface area contributed by atoms with E-state index in [0.717, 1.165) is 0 Å². The molecule has 0 unspecified atom stereocenters. The molecule has 3 N–H and O–H groups in total. The molecule has 0 spiro atoms. The number of rotatable bonds is 4. The summed E-state index contributed by atoms with van der Waals surface area (Å²) in [5.74, 6) is 0.106. The van der Waals surface area contributed by atoms with Gasteiger partial charge in [-0.05, 0) is 68.1 Å². The summed E-state index contributed by atoms with van der Waals surface area (Å²) in [7, 11) is 0. The molecule has 0 radical (unpaired) electrons. The Morgan fingerprint density at radius 2 is 1.81 bits per heavy atom. The third-order valence-electron chi connectivity index (χ3n) is 3.95. The Labute approximate surface area is 212 Å². The predicted octanol–water partition coefficient (Wildman–Crippen LogP) is 4.46. The van der Waals surface area contributed by atoms with E-state index in [1.165, 1.54) is 10.6 Å². The van der Waals surface area contributed by atoms with E-state index in [2.05, 4.69) is 68.9 Å². The molecule has 162 valence electrons. The minimum atomic E-state index is -0.826. The Kier molecular flexibility index (Phi) is 7.73. The van der Waals surface area contributed by atoms with Crippen molar-refractivity contribution in [2.24, 2.45) is 0 Å². The molecule has 0 atom stereocenters. The maximum atomic E-state index is 13.2. The van der Waals surface area contributed by atoms with Crippen LogP contribution < -0.4 is 16.2 Å². The van der Waals surface area contributed by atoms with E-state index in [4.69, 9.17) is 18.0 Å². The minimum absolute atomic E-state index is 0.0601. The molecule has 3 aromatic rings. The van der Waals surface area contributed by atoms with Crippen LogP contribution in [-0.4, -0.2) is 27.3 Å². The lowest BCUT2D eigenvalue weighted by Gasteiger charge is -2.15. The molecule has 0 aliphatic heterocycles. The van der Waals surface area contributed by atoms with E-state index in [1.807, 2.05) is 5.92 Å². The number of carbonyl (C=O) groups is 3. The van der Waals surface area contributed by atoms with E-state index in [9.17, 15) is 14.4 Å². The lowest BCUT2D eigenvalue weighted by atomic mass is 10.1. The molecule has 0 aliphatic rings. The van der Waals surface area contributed by atoms with E-state index in [-0.39, 0.29) is 16.9 Å². The fraction of sp³-hybridized carbons (Fsp3) is 0. The zero-order chi connectivity index (χ0) is 23.4. The second-order valence-electron chi connectivity index (χ2n) is 6.04. The monoisotopic (exact) mass is 641 g/mol. The highest BCUT2D eigenvalue weighted by molar-refractivity contribution is 9.11. The Balaban J connectivity index is 1.98. The summed E-state index contributed by atoms with van der Waals surface area (Å²) in [6.07, 6.45) is 8.17. The van der Waals surface area contributed by atoms with Gasteiger partial charge in [-0.3, -0.25) is 29.8 Å². The normalized spacial score (nSPS) is 10.2. The summed E-state index contributed by atoms with van der Waals surface area (Å²) in [5, 5.41) is 3.06. The highest BCUT2D eigenvalue weighted by Crippen LogP contribution is 2.32. The van der Waals surface area contributed by atoms with Gasteiger partial charge >= 0.3 is 5.91 Å². The van der Waals surface area contributed by atoms with Gasteiger partial charge in [0.15, 0.2) is 5.82 Å². The van der Waals surface area contributed by atoms with Crippen LogP contribution in [0.1, 0.15) is 20.8 Å². The maximum absolute atomic E-state index is 13.2. The number of nitrogens with one attached hydrogen (secondary N) is 3. The van der Waals surface area contributed by atoms with Gasteiger partial charge in [0.2, 0.25) is 0 Å². The lowest BCUT2D eigenvalue weighted by Crippen LogP contribution is -2.41. The van der Waals surface area contributed by atoms with Crippen molar-refractivity contribution in [3.8, 4) is 18.2 Å². The summed E-state index contributed by atoms with van der Waals surface area (Å²) >= 11 is 16.2. The van der Waals surface area contributed by atoms with Crippen LogP contribution in [0.5, 0.6) is 0 Å². The molecule has 3 rings (SSSR count). The molecule has 0 fully saturated rings. The van der Waals surface area contributed by atoms with Crippen LogP contribution in [0.15, 0.2) is 56.1 Å². The molecule has 8 nitrogen and oxygen atoms in total. The fourth-order valence-corrected chi connectivity index (χ4v) is 4.57. The van der Waals surface area contributed by atoms with Gasteiger partial charge in [-0.25, -0.2) is 4.98 Å². The van der Waals surface area contributed by atoms with Crippen LogP contribution in [0.25, 0.3) is 5.82 Å². The number of pyridine rings is 1. The van der Waals surface area contributed by atoms with Crippen molar-refractivity contribution >= 4 is 82.8 Å². The zero-order valence-corrected chi connectivity index (χ0v) is 21.3. The molecule has 2 heterocycles. The number of terminal acetylenes is 1.